The molecule has 1 atom stereocenters. The van der Waals surface area contributed by atoms with Crippen LogP contribution >= 0.6 is 0 Å². The molecule has 2 aliphatic rings. The summed E-state index contributed by atoms with van der Waals surface area (Å²) in [5.41, 5.74) is 3.34. The molecular weight excluding hydrogens is 504 g/mol. The van der Waals surface area contributed by atoms with E-state index in [-0.39, 0.29) is 24.6 Å². The molecule has 0 aliphatic carbocycles. The zero-order valence-electron chi connectivity index (χ0n) is 22.1. The molecule has 39 heavy (non-hydrogen) atoms. The second-order valence-electron chi connectivity index (χ2n) is 9.34. The monoisotopic (exact) mass is 536 g/mol. The molecule has 2 aromatic heterocycles. The molecule has 206 valence electrons. The molecule has 3 aromatic rings. The Morgan fingerprint density at radius 3 is 2.74 bits per heavy atom. The summed E-state index contributed by atoms with van der Waals surface area (Å²) in [6.07, 6.45) is 2.70. The predicted molar refractivity (Wildman–Crippen MR) is 143 cm³/mol. The number of hydrogen-bond acceptors (Lipinski definition) is 10. The summed E-state index contributed by atoms with van der Waals surface area (Å²) in [7, 11) is 2.97. The Kier molecular flexibility index (Phi) is 8.26. The van der Waals surface area contributed by atoms with E-state index in [1.165, 1.54) is 7.11 Å². The topological polar surface area (TPSA) is 113 Å². The lowest BCUT2D eigenvalue weighted by Gasteiger charge is -2.23. The molecule has 11 nitrogen and oxygen atoms in total. The van der Waals surface area contributed by atoms with Gasteiger partial charge in [0.05, 0.1) is 43.9 Å². The van der Waals surface area contributed by atoms with Gasteiger partial charge in [-0.1, -0.05) is 0 Å². The number of benzene rings is 1. The van der Waals surface area contributed by atoms with Crippen LogP contribution in [0.25, 0.3) is 11.0 Å². The summed E-state index contributed by atoms with van der Waals surface area (Å²) in [5.74, 6) is 1.56. The van der Waals surface area contributed by atoms with Gasteiger partial charge in [-0.2, -0.15) is 0 Å². The van der Waals surface area contributed by atoms with Crippen LogP contribution in [0.1, 0.15) is 18.4 Å². The molecule has 1 amide bonds. The number of rotatable bonds is 11. The summed E-state index contributed by atoms with van der Waals surface area (Å²) >= 11 is 0. The summed E-state index contributed by atoms with van der Waals surface area (Å²) in [4.78, 5) is 37.3. The molecule has 0 saturated carbocycles. The highest BCUT2D eigenvalue weighted by atomic mass is 16.6. The zero-order valence-corrected chi connectivity index (χ0v) is 22.1. The highest BCUT2D eigenvalue weighted by molar-refractivity contribution is 5.90. The third-order valence-corrected chi connectivity index (χ3v) is 6.89. The van der Waals surface area contributed by atoms with Gasteiger partial charge in [0, 0.05) is 38.0 Å². The Balaban J connectivity index is 1.22. The molecule has 5 rings (SSSR count). The second kappa shape index (κ2) is 12.2. The van der Waals surface area contributed by atoms with E-state index >= 15 is 0 Å². The number of carbonyl (C=O) groups excluding carboxylic acids is 2. The summed E-state index contributed by atoms with van der Waals surface area (Å²) in [5, 5.41) is 0. The number of pyridine rings is 2. The van der Waals surface area contributed by atoms with Gasteiger partial charge in [-0.05, 0) is 42.7 Å². The predicted octanol–water partition coefficient (Wildman–Crippen LogP) is 3.23. The van der Waals surface area contributed by atoms with Crippen LogP contribution < -0.4 is 19.1 Å². The van der Waals surface area contributed by atoms with Crippen molar-refractivity contribution in [2.75, 3.05) is 58.5 Å². The van der Waals surface area contributed by atoms with Crippen LogP contribution in [0, 0.1) is 0 Å². The molecule has 0 bridgehead atoms. The first-order valence-electron chi connectivity index (χ1n) is 13.0. The fourth-order valence-electron chi connectivity index (χ4n) is 4.75. The van der Waals surface area contributed by atoms with E-state index in [2.05, 4.69) is 14.9 Å². The van der Waals surface area contributed by atoms with Gasteiger partial charge in [-0.25, -0.2) is 9.78 Å². The number of amides is 1. The number of cyclic esters (lactones) is 1. The molecule has 11 heteroatoms. The molecule has 1 saturated heterocycles. The summed E-state index contributed by atoms with van der Waals surface area (Å²) in [6, 6.07) is 11.1. The zero-order chi connectivity index (χ0) is 27.2. The maximum Gasteiger partial charge on any atom is 0.414 e. The van der Waals surface area contributed by atoms with Crippen LogP contribution in [-0.4, -0.2) is 86.6 Å². The van der Waals surface area contributed by atoms with E-state index in [0.29, 0.717) is 75.3 Å². The van der Waals surface area contributed by atoms with Crippen molar-refractivity contribution >= 4 is 28.8 Å². The van der Waals surface area contributed by atoms with Gasteiger partial charge in [0.2, 0.25) is 5.88 Å². The lowest BCUT2D eigenvalue weighted by atomic mass is 10.1. The number of carbonyl (C=O) groups is 2. The second-order valence-corrected chi connectivity index (χ2v) is 9.34. The highest BCUT2D eigenvalue weighted by Gasteiger charge is 2.33. The van der Waals surface area contributed by atoms with Crippen molar-refractivity contribution in [1.29, 1.82) is 0 Å². The molecule has 2 aliphatic heterocycles. The standard InChI is InChI=1S/C28H32N4O7/c1-35-25-6-4-22-27(30-25)19(7-11-29-22)8-12-31(14-10-26(33)36-2)13-9-21-18-32(28(34)39-21)20-3-5-23-24(17-20)38-16-15-37-23/h3-7,11,17,21H,8-10,12-16,18H2,1-2H3. The Morgan fingerprint density at radius 1 is 1.08 bits per heavy atom. The smallest absolute Gasteiger partial charge is 0.414 e. The van der Waals surface area contributed by atoms with Crippen molar-refractivity contribution in [3.63, 3.8) is 0 Å². The minimum atomic E-state index is -0.388. The van der Waals surface area contributed by atoms with Crippen molar-refractivity contribution in [1.82, 2.24) is 14.9 Å². The average Bonchev–Trinajstić information content (AvgIpc) is 3.36. The SMILES string of the molecule is COC(=O)CCN(CCc1ccnc2ccc(OC)nc12)CCC1CN(c2ccc3c(c2)OCCO3)C(=O)O1. The molecule has 4 heterocycles. The normalized spacial score (nSPS) is 16.4. The van der Waals surface area contributed by atoms with Crippen LogP contribution in [0.4, 0.5) is 10.5 Å². The fourth-order valence-corrected chi connectivity index (χ4v) is 4.75. The molecular formula is C28H32N4O7. The van der Waals surface area contributed by atoms with E-state index in [9.17, 15) is 9.59 Å². The Morgan fingerprint density at radius 2 is 1.92 bits per heavy atom. The maximum absolute atomic E-state index is 12.7. The van der Waals surface area contributed by atoms with Crippen molar-refractivity contribution in [2.45, 2.75) is 25.4 Å². The van der Waals surface area contributed by atoms with Gasteiger partial charge in [-0.3, -0.25) is 14.7 Å². The van der Waals surface area contributed by atoms with E-state index in [1.807, 2.05) is 30.3 Å². The quantitative estimate of drug-likeness (QED) is 0.339. The number of nitrogens with zero attached hydrogens (tertiary/aromatic N) is 4. The van der Waals surface area contributed by atoms with Gasteiger partial charge in [0.25, 0.3) is 0 Å². The molecule has 0 spiro atoms. The number of methoxy groups -OCH3 is 2. The molecule has 1 unspecified atom stereocenters. The Hall–Kier alpha value is -4.12. The minimum Gasteiger partial charge on any atom is -0.486 e. The van der Waals surface area contributed by atoms with E-state index in [4.69, 9.17) is 23.7 Å². The average molecular weight is 537 g/mol. The first-order valence-corrected chi connectivity index (χ1v) is 13.0. The lowest BCUT2D eigenvalue weighted by Crippen LogP contribution is -2.33. The van der Waals surface area contributed by atoms with Crippen LogP contribution in [0.15, 0.2) is 42.6 Å². The molecule has 1 aromatic carbocycles. The van der Waals surface area contributed by atoms with Gasteiger partial charge in [-0.15, -0.1) is 0 Å². The number of fused-ring (bicyclic) bond motifs is 2. The summed E-state index contributed by atoms with van der Waals surface area (Å²) < 4.78 is 27.1. The molecule has 1 fully saturated rings. The summed E-state index contributed by atoms with van der Waals surface area (Å²) in [6.45, 7) is 3.27. The minimum absolute atomic E-state index is 0.266. The van der Waals surface area contributed by atoms with Gasteiger partial charge < -0.3 is 28.6 Å². The molecule has 0 radical (unpaired) electrons. The molecule has 0 N–H and O–H groups in total. The van der Waals surface area contributed by atoms with Crippen LogP contribution in [-0.2, 0) is 20.7 Å². The first-order chi connectivity index (χ1) is 19.0. The Bertz CT molecular complexity index is 1330. The highest BCUT2D eigenvalue weighted by Crippen LogP contribution is 2.35. The van der Waals surface area contributed by atoms with E-state index in [1.54, 1.807) is 24.3 Å². The van der Waals surface area contributed by atoms with Gasteiger partial charge >= 0.3 is 12.1 Å². The Labute approximate surface area is 226 Å². The van der Waals surface area contributed by atoms with E-state index < -0.39 is 0 Å². The van der Waals surface area contributed by atoms with Gasteiger partial charge in [0.15, 0.2) is 11.5 Å². The van der Waals surface area contributed by atoms with Crippen molar-refractivity contribution in [2.24, 2.45) is 0 Å². The third kappa shape index (κ3) is 6.31. The number of anilines is 1. The number of hydrogen-bond donors (Lipinski definition) is 0. The number of aromatic nitrogens is 2. The van der Waals surface area contributed by atoms with Crippen LogP contribution in [0.3, 0.4) is 0 Å². The maximum atomic E-state index is 12.7. The van der Waals surface area contributed by atoms with Crippen LogP contribution in [0.5, 0.6) is 17.4 Å². The van der Waals surface area contributed by atoms with Gasteiger partial charge in [0.1, 0.15) is 19.3 Å². The number of ether oxygens (including phenoxy) is 5. The largest absolute Gasteiger partial charge is 0.486 e. The van der Waals surface area contributed by atoms with Crippen molar-refractivity contribution in [3.8, 4) is 17.4 Å². The lowest BCUT2D eigenvalue weighted by molar-refractivity contribution is -0.141. The van der Waals surface area contributed by atoms with E-state index in [0.717, 1.165) is 16.6 Å². The first kappa shape index (κ1) is 26.5. The fraction of sp³-hybridized carbons (Fsp3) is 0.429. The third-order valence-electron chi connectivity index (χ3n) is 6.89. The van der Waals surface area contributed by atoms with Crippen LogP contribution in [0.2, 0.25) is 0 Å². The number of esters is 1. The van der Waals surface area contributed by atoms with Crippen molar-refractivity contribution in [3.05, 3.63) is 48.2 Å². The van der Waals surface area contributed by atoms with Crippen molar-refractivity contribution < 1.29 is 33.3 Å².